The number of thiazole rings is 1. The number of nitrogens with zero attached hydrogens (tertiary/aromatic N) is 2. The standard InChI is InChI=1S/C22H20ClF2N3O5S2/c1-3-33-7-6-14-4-5-17(24)15(8-14)13(2)27-19-10-18(25)20(9-16(19)23)35(31,32)28(22(29)30)21-11-34-12-26-21/h4-13,27H,3H2,1-2H3,(H,29,30)/b7-6+/t13-/m0/s1. The van der Waals surface area contributed by atoms with Crippen molar-refractivity contribution in [3.63, 3.8) is 0 Å². The minimum absolute atomic E-state index is 0.0131. The molecule has 3 aromatic rings. The van der Waals surface area contributed by atoms with Gasteiger partial charge >= 0.3 is 6.09 Å². The van der Waals surface area contributed by atoms with Crippen LogP contribution in [0.15, 0.2) is 52.4 Å². The highest BCUT2D eigenvalue weighted by molar-refractivity contribution is 7.93. The van der Waals surface area contributed by atoms with E-state index in [4.69, 9.17) is 16.3 Å². The van der Waals surface area contributed by atoms with Crippen molar-refractivity contribution in [1.82, 2.24) is 4.98 Å². The monoisotopic (exact) mass is 543 g/mol. The maximum Gasteiger partial charge on any atom is 0.427 e. The zero-order valence-corrected chi connectivity index (χ0v) is 20.8. The fraction of sp³-hybridized carbons (Fsp3) is 0.182. The number of rotatable bonds is 9. The number of benzene rings is 2. The van der Waals surface area contributed by atoms with E-state index in [0.717, 1.165) is 23.5 Å². The first-order chi connectivity index (χ1) is 16.6. The molecular formula is C22H20ClF2N3O5S2. The number of aromatic nitrogens is 1. The molecule has 0 saturated carbocycles. The van der Waals surface area contributed by atoms with E-state index in [0.29, 0.717) is 12.2 Å². The van der Waals surface area contributed by atoms with Crippen LogP contribution in [0.25, 0.3) is 6.08 Å². The van der Waals surface area contributed by atoms with Gasteiger partial charge in [-0.25, -0.2) is 27.0 Å². The summed E-state index contributed by atoms with van der Waals surface area (Å²) in [7, 11) is -4.89. The number of carboxylic acid groups (broad SMARTS) is 1. The third-order valence-corrected chi connectivity index (χ3v) is 7.30. The fourth-order valence-electron chi connectivity index (χ4n) is 3.10. The lowest BCUT2D eigenvalue weighted by atomic mass is 10.0. The minimum Gasteiger partial charge on any atom is -0.501 e. The SMILES string of the molecule is CCO/C=C/c1ccc(F)c([C@H](C)Nc2cc(F)c(S(=O)(=O)N(C(=O)O)c3cscn3)cc2Cl)c1. The molecule has 186 valence electrons. The van der Waals surface area contributed by atoms with Crippen LogP contribution < -0.4 is 9.62 Å². The van der Waals surface area contributed by atoms with E-state index in [1.807, 2.05) is 6.92 Å². The molecule has 0 fully saturated rings. The average molecular weight is 544 g/mol. The number of hydrogen-bond donors (Lipinski definition) is 2. The Labute approximate surface area is 209 Å². The minimum atomic E-state index is -4.89. The smallest absolute Gasteiger partial charge is 0.427 e. The lowest BCUT2D eigenvalue weighted by molar-refractivity contribution is 0.206. The van der Waals surface area contributed by atoms with Gasteiger partial charge < -0.3 is 15.2 Å². The van der Waals surface area contributed by atoms with Gasteiger partial charge in [-0.15, -0.1) is 15.6 Å². The zero-order chi connectivity index (χ0) is 25.8. The molecule has 0 radical (unpaired) electrons. The molecule has 2 N–H and O–H groups in total. The molecule has 0 spiro atoms. The summed E-state index contributed by atoms with van der Waals surface area (Å²) in [6, 6.07) is 5.31. The second-order valence-corrected chi connectivity index (χ2v) is 9.95. The quantitative estimate of drug-likeness (QED) is 0.312. The van der Waals surface area contributed by atoms with Gasteiger partial charge in [-0.1, -0.05) is 17.7 Å². The first-order valence-corrected chi connectivity index (χ1v) is 12.8. The number of carbonyl (C=O) groups is 1. The lowest BCUT2D eigenvalue weighted by Gasteiger charge is -2.20. The molecule has 1 heterocycles. The molecule has 8 nitrogen and oxygen atoms in total. The molecule has 0 aliphatic heterocycles. The average Bonchev–Trinajstić information content (AvgIpc) is 3.30. The summed E-state index contributed by atoms with van der Waals surface area (Å²) >= 11 is 7.18. The molecule has 1 amide bonds. The first-order valence-electron chi connectivity index (χ1n) is 10.1. The highest BCUT2D eigenvalue weighted by atomic mass is 35.5. The van der Waals surface area contributed by atoms with Crippen LogP contribution in [0.2, 0.25) is 5.02 Å². The van der Waals surface area contributed by atoms with Gasteiger partial charge in [-0.05, 0) is 49.8 Å². The van der Waals surface area contributed by atoms with E-state index in [-0.39, 0.29) is 20.6 Å². The molecule has 1 aromatic heterocycles. The van der Waals surface area contributed by atoms with Crippen LogP contribution in [-0.4, -0.2) is 31.2 Å². The van der Waals surface area contributed by atoms with Crippen LogP contribution >= 0.6 is 22.9 Å². The van der Waals surface area contributed by atoms with Crippen molar-refractivity contribution in [3.05, 3.63) is 75.3 Å². The predicted molar refractivity (Wildman–Crippen MR) is 130 cm³/mol. The van der Waals surface area contributed by atoms with Crippen molar-refractivity contribution in [1.29, 1.82) is 0 Å². The van der Waals surface area contributed by atoms with E-state index in [1.54, 1.807) is 25.1 Å². The predicted octanol–water partition coefficient (Wildman–Crippen LogP) is 6.13. The number of sulfonamides is 1. The Morgan fingerprint density at radius 3 is 2.69 bits per heavy atom. The van der Waals surface area contributed by atoms with Gasteiger partial charge in [-0.3, -0.25) is 0 Å². The van der Waals surface area contributed by atoms with Gasteiger partial charge in [0, 0.05) is 10.9 Å². The number of amides is 1. The third-order valence-electron chi connectivity index (χ3n) is 4.72. The Balaban J connectivity index is 1.92. The van der Waals surface area contributed by atoms with E-state index < -0.39 is 44.5 Å². The van der Waals surface area contributed by atoms with Crippen LogP contribution in [0.3, 0.4) is 0 Å². The summed E-state index contributed by atoms with van der Waals surface area (Å²) in [5.41, 5.74) is 2.13. The number of ether oxygens (including phenoxy) is 1. The molecule has 35 heavy (non-hydrogen) atoms. The first kappa shape index (κ1) is 26.4. The van der Waals surface area contributed by atoms with Crippen molar-refractivity contribution in [2.75, 3.05) is 16.2 Å². The highest BCUT2D eigenvalue weighted by Crippen LogP contribution is 2.34. The lowest BCUT2D eigenvalue weighted by Crippen LogP contribution is -2.36. The molecule has 1 atom stereocenters. The van der Waals surface area contributed by atoms with Gasteiger partial charge in [0.15, 0.2) is 5.82 Å². The van der Waals surface area contributed by atoms with Gasteiger partial charge in [0.05, 0.1) is 35.1 Å². The number of hydrogen-bond acceptors (Lipinski definition) is 7. The van der Waals surface area contributed by atoms with Crippen molar-refractivity contribution < 1.29 is 31.8 Å². The Kier molecular flexibility index (Phi) is 8.30. The number of halogens is 3. The van der Waals surface area contributed by atoms with Crippen LogP contribution in [0.1, 0.15) is 31.0 Å². The summed E-state index contributed by atoms with van der Waals surface area (Å²) in [5, 5.41) is 13.2. The van der Waals surface area contributed by atoms with Gasteiger partial charge in [-0.2, -0.15) is 0 Å². The molecule has 2 aromatic carbocycles. The summed E-state index contributed by atoms with van der Waals surface area (Å²) in [5.74, 6) is -2.17. The second-order valence-electron chi connectivity index (χ2n) is 7.07. The Hall–Kier alpha value is -3.22. The fourth-order valence-corrected chi connectivity index (χ4v) is 5.29. The molecule has 0 aliphatic rings. The zero-order valence-electron chi connectivity index (χ0n) is 18.4. The van der Waals surface area contributed by atoms with Crippen molar-refractivity contribution in [3.8, 4) is 0 Å². The molecule has 13 heteroatoms. The van der Waals surface area contributed by atoms with Crippen LogP contribution in [0.4, 0.5) is 25.1 Å². The molecule has 0 bridgehead atoms. The van der Waals surface area contributed by atoms with E-state index >= 15 is 0 Å². The van der Waals surface area contributed by atoms with Crippen LogP contribution in [0, 0.1) is 11.6 Å². The Bertz CT molecular complexity index is 1350. The largest absolute Gasteiger partial charge is 0.501 e. The van der Waals surface area contributed by atoms with Gasteiger partial charge in [0.1, 0.15) is 16.5 Å². The van der Waals surface area contributed by atoms with E-state index in [2.05, 4.69) is 10.3 Å². The van der Waals surface area contributed by atoms with Crippen LogP contribution in [0.5, 0.6) is 0 Å². The Morgan fingerprint density at radius 1 is 1.31 bits per heavy atom. The number of nitrogens with one attached hydrogen (secondary N) is 1. The normalized spacial score (nSPS) is 12.5. The van der Waals surface area contributed by atoms with Gasteiger partial charge in [0.2, 0.25) is 0 Å². The highest BCUT2D eigenvalue weighted by Gasteiger charge is 2.35. The van der Waals surface area contributed by atoms with Crippen molar-refractivity contribution in [2.45, 2.75) is 24.8 Å². The number of anilines is 2. The summed E-state index contributed by atoms with van der Waals surface area (Å²) in [6.07, 6.45) is 1.27. The van der Waals surface area contributed by atoms with Gasteiger partial charge in [0.25, 0.3) is 10.0 Å². The molecule has 0 aliphatic carbocycles. The third kappa shape index (κ3) is 5.89. The van der Waals surface area contributed by atoms with Crippen LogP contribution in [-0.2, 0) is 14.8 Å². The summed E-state index contributed by atoms with van der Waals surface area (Å²) in [6.45, 7) is 3.91. The Morgan fingerprint density at radius 2 is 2.06 bits per heavy atom. The maximum atomic E-state index is 14.9. The molecule has 3 rings (SSSR count). The molecular weight excluding hydrogens is 524 g/mol. The topological polar surface area (TPSA) is 109 Å². The summed E-state index contributed by atoms with van der Waals surface area (Å²) in [4.78, 5) is 14.3. The van der Waals surface area contributed by atoms with Crippen molar-refractivity contribution in [2.24, 2.45) is 0 Å². The second kappa shape index (κ2) is 11.0. The maximum absolute atomic E-state index is 14.9. The summed E-state index contributed by atoms with van der Waals surface area (Å²) < 4.78 is 60.3. The van der Waals surface area contributed by atoms with E-state index in [9.17, 15) is 27.1 Å². The molecule has 0 saturated heterocycles. The molecule has 0 unspecified atom stereocenters. The van der Waals surface area contributed by atoms with Crippen molar-refractivity contribution >= 4 is 56.6 Å². The van der Waals surface area contributed by atoms with E-state index in [1.165, 1.54) is 23.2 Å².